The first-order chi connectivity index (χ1) is 21.0. The summed E-state index contributed by atoms with van der Waals surface area (Å²) in [6.07, 6.45) is 2.91. The monoisotopic (exact) mass is 834 g/mol. The van der Waals surface area contributed by atoms with Crippen LogP contribution in [0.4, 0.5) is 4.39 Å². The van der Waals surface area contributed by atoms with Gasteiger partial charge in [0, 0.05) is 26.2 Å². The molecule has 45 heavy (non-hydrogen) atoms. The van der Waals surface area contributed by atoms with Gasteiger partial charge in [0.05, 0.1) is 11.8 Å². The normalized spacial score (nSPS) is 11.4. The number of halogens is 1. The second kappa shape index (κ2) is 13.9. The maximum Gasteiger partial charge on any atom is 0 e. The molecule has 6 aromatic rings. The smallest absolute Gasteiger partial charge is 0 e. The molecule has 1 heterocycles. The molecule has 0 aliphatic heterocycles. The zero-order valence-electron chi connectivity index (χ0n) is 25.7. The molecule has 1 radical (unpaired) electrons. The summed E-state index contributed by atoms with van der Waals surface area (Å²) in [6, 6.07) is 33.3. The Kier molecular flexibility index (Phi) is 10.4. The van der Waals surface area contributed by atoms with Gasteiger partial charge in [-0.15, -0.1) is 23.6 Å². The van der Waals surface area contributed by atoms with Crippen LogP contribution in [-0.2, 0) is 24.9 Å². The molecule has 0 spiro atoms. The predicted octanol–water partition coefficient (Wildman–Crippen LogP) is 9.27. The molecule has 0 aliphatic rings. The van der Waals surface area contributed by atoms with Crippen LogP contribution in [0.5, 0.6) is 0 Å². The number of aromatic nitrogens is 1. The molecular weight excluding hydrogens is 800 g/mol. The minimum absolute atomic E-state index is 0. The average molecular weight is 833 g/mol. The van der Waals surface area contributed by atoms with Crippen LogP contribution in [0.2, 0.25) is 17.3 Å². The number of aliphatic hydroxyl groups is 1. The van der Waals surface area contributed by atoms with Crippen molar-refractivity contribution in [3.05, 3.63) is 120 Å². The second-order valence-electron chi connectivity index (χ2n) is 11.8. The van der Waals surface area contributed by atoms with Crippen molar-refractivity contribution in [1.29, 1.82) is 5.26 Å². The van der Waals surface area contributed by atoms with Gasteiger partial charge in [-0.05, 0) is 19.4 Å². The van der Waals surface area contributed by atoms with Crippen LogP contribution in [0.1, 0.15) is 19.4 Å². The van der Waals surface area contributed by atoms with E-state index in [0.717, 1.165) is 43.8 Å². The number of hydrogen-bond donors (Lipinski definition) is 1. The zero-order chi connectivity index (χ0) is 31.6. The molecule has 0 unspecified atom stereocenters. The summed E-state index contributed by atoms with van der Waals surface area (Å²) in [6.45, 7) is 2.85. The van der Waals surface area contributed by atoms with Crippen LogP contribution in [-0.4, -0.2) is 29.1 Å². The summed E-state index contributed by atoms with van der Waals surface area (Å²) in [5, 5.41) is 23.1. The van der Waals surface area contributed by atoms with E-state index in [-0.39, 0.29) is 37.5 Å². The minimum atomic E-state index is -1.93. The number of rotatable bonds is 4. The molecule has 0 saturated heterocycles. The molecule has 7 heteroatoms. The minimum Gasteiger partial charge on any atom is 0 e. The summed E-state index contributed by atoms with van der Waals surface area (Å²) in [7, 11) is 0. The van der Waals surface area contributed by atoms with E-state index in [0.29, 0.717) is 16.5 Å². The molecule has 0 fully saturated rings. The van der Waals surface area contributed by atoms with E-state index in [9.17, 15) is 10.1 Å². The summed E-state index contributed by atoms with van der Waals surface area (Å²) in [5.74, 6) is 6.79. The van der Waals surface area contributed by atoms with Crippen molar-refractivity contribution in [3.63, 3.8) is 0 Å². The first-order valence-corrected chi connectivity index (χ1v) is 21.7. The van der Waals surface area contributed by atoms with Gasteiger partial charge >= 0.3 is 155 Å². The second-order valence-corrected chi connectivity index (χ2v) is 22.5. The number of ketones is 1. The molecule has 227 valence electrons. The Morgan fingerprint density at radius 3 is 2.16 bits per heavy atom. The van der Waals surface area contributed by atoms with Gasteiger partial charge in [0.2, 0.25) is 0 Å². The van der Waals surface area contributed by atoms with Gasteiger partial charge in [0.25, 0.3) is 0 Å². The van der Waals surface area contributed by atoms with Crippen LogP contribution >= 0.6 is 0 Å². The molecule has 1 aromatic heterocycles. The first kappa shape index (κ1) is 33.7. The Labute approximate surface area is 279 Å². The van der Waals surface area contributed by atoms with E-state index in [1.807, 2.05) is 72.8 Å². The topological polar surface area (TPSA) is 74.0 Å². The largest absolute Gasteiger partial charge is 0 e. The summed E-state index contributed by atoms with van der Waals surface area (Å²) in [5.41, 5.74) is 3.56. The maximum absolute atomic E-state index is 15.9. The van der Waals surface area contributed by atoms with Gasteiger partial charge in [-0.25, -0.2) is 0 Å². The Morgan fingerprint density at radius 1 is 0.889 bits per heavy atom. The van der Waals surface area contributed by atoms with Crippen molar-refractivity contribution in [2.75, 3.05) is 0 Å². The number of fused-ring (bicyclic) bond motifs is 4. The number of nitrogens with zero attached hydrogens (tertiary/aromatic N) is 2. The Hall–Kier alpha value is -4.15. The molecular formula is C38H32FGeIrN2O2-. The van der Waals surface area contributed by atoms with Crippen LogP contribution in [0.15, 0.2) is 103 Å². The van der Waals surface area contributed by atoms with Gasteiger partial charge in [-0.3, -0.25) is 4.79 Å². The van der Waals surface area contributed by atoms with Crippen molar-refractivity contribution in [3.8, 4) is 28.5 Å². The average Bonchev–Trinajstić information content (AvgIpc) is 2.99. The van der Waals surface area contributed by atoms with E-state index in [4.69, 9.17) is 5.11 Å². The van der Waals surface area contributed by atoms with Crippen molar-refractivity contribution in [2.45, 2.75) is 31.1 Å². The number of carbonyl (C=O) groups excluding carboxylic acids is 1. The Bertz CT molecular complexity index is 2120. The summed E-state index contributed by atoms with van der Waals surface area (Å²) < 4.78 is 17.3. The van der Waals surface area contributed by atoms with E-state index in [1.165, 1.54) is 24.3 Å². The fourth-order valence-electron chi connectivity index (χ4n) is 5.37. The van der Waals surface area contributed by atoms with Crippen molar-refractivity contribution >= 4 is 55.8 Å². The van der Waals surface area contributed by atoms with E-state index in [2.05, 4.69) is 46.5 Å². The summed E-state index contributed by atoms with van der Waals surface area (Å²) in [4.78, 5) is 14.7. The van der Waals surface area contributed by atoms with E-state index >= 15 is 4.39 Å². The van der Waals surface area contributed by atoms with Crippen molar-refractivity contribution in [1.82, 2.24) is 4.98 Å². The number of hydrogen-bond acceptors (Lipinski definition) is 4. The molecule has 0 aliphatic carbocycles. The van der Waals surface area contributed by atoms with Crippen molar-refractivity contribution < 1.29 is 34.4 Å². The zero-order valence-corrected chi connectivity index (χ0v) is 30.2. The maximum atomic E-state index is 15.9. The van der Waals surface area contributed by atoms with Gasteiger partial charge in [-0.2, -0.15) is 5.26 Å². The van der Waals surface area contributed by atoms with Gasteiger partial charge in [-0.1, -0.05) is 23.6 Å². The third kappa shape index (κ3) is 7.23. The van der Waals surface area contributed by atoms with E-state index in [1.54, 1.807) is 6.20 Å². The number of allylic oxidation sites excluding steroid dienone is 2. The fourth-order valence-corrected chi connectivity index (χ4v) is 7.81. The Balaban J connectivity index is 0.000000519. The van der Waals surface area contributed by atoms with Crippen LogP contribution in [0, 0.1) is 23.2 Å². The van der Waals surface area contributed by atoms with Gasteiger partial charge in [0.1, 0.15) is 0 Å². The van der Waals surface area contributed by atoms with Crippen LogP contribution in [0.3, 0.4) is 0 Å². The van der Waals surface area contributed by atoms with Gasteiger partial charge in [0.15, 0.2) is 5.78 Å². The molecule has 0 amide bonds. The van der Waals surface area contributed by atoms with Crippen LogP contribution in [0.25, 0.3) is 54.7 Å². The number of benzene rings is 5. The Morgan fingerprint density at radius 2 is 1.53 bits per heavy atom. The quantitative estimate of drug-likeness (QED) is 0.0633. The first-order valence-electron chi connectivity index (χ1n) is 14.3. The third-order valence-corrected chi connectivity index (χ3v) is 11.8. The fraction of sp³-hybridized carbons (Fsp3) is 0.132. The molecule has 0 atom stereocenters. The number of aliphatic hydroxyl groups excluding tert-OH is 1. The van der Waals surface area contributed by atoms with Crippen molar-refractivity contribution in [2.24, 2.45) is 0 Å². The summed E-state index contributed by atoms with van der Waals surface area (Å²) >= 11 is -1.93. The predicted molar refractivity (Wildman–Crippen MR) is 181 cm³/mol. The number of carbonyl (C=O) groups is 1. The number of pyridine rings is 1. The standard InChI is InChI=1S/C33H24FGeN2.C5H8O2.Ir/c1-35(2,3)25-10-8-21(9-11-25)27-12-13-28-29-16-17-37-33(31(29)15-14-30(28)32(27)34)23-18-22-6-4-5-7-26(22)24(19-23)20-36;1-4(6)3-5(2)7;/h4-17,19H,1-3H3;3,6H,1-2H3;/q-1;;/b;4-3-;. The molecule has 0 saturated carbocycles. The molecule has 4 nitrogen and oxygen atoms in total. The molecule has 1 N–H and O–H groups in total. The third-order valence-electron chi connectivity index (χ3n) is 7.50. The molecule has 6 rings (SSSR count). The SMILES string of the molecule is CC(=O)/C=C(/C)O.[CH3][Ge]([CH3])([CH3])[c]1ccc(-c2ccc3c(ccc4c(-c5[c-]c6ccccc6c(C#N)c5)nccc43)c2F)cc1.[Ir]. The van der Waals surface area contributed by atoms with E-state index < -0.39 is 13.3 Å². The van der Waals surface area contributed by atoms with Gasteiger partial charge < -0.3 is 5.11 Å². The molecule has 0 bridgehead atoms. The molecule has 5 aromatic carbocycles. The number of nitriles is 1. The van der Waals surface area contributed by atoms with Crippen LogP contribution < -0.4 is 4.40 Å².